The molecular weight excluding hydrogens is 741 g/mol. The summed E-state index contributed by atoms with van der Waals surface area (Å²) in [4.78, 5) is 99.4. The first-order chi connectivity index (χ1) is 28.0. The highest BCUT2D eigenvalue weighted by atomic mass is 16.2. The van der Waals surface area contributed by atoms with E-state index in [9.17, 15) is 28.8 Å². The van der Waals surface area contributed by atoms with Gasteiger partial charge in [0.15, 0.2) is 5.78 Å². The Labute approximate surface area is 334 Å². The van der Waals surface area contributed by atoms with E-state index in [1.807, 2.05) is 24.4 Å². The van der Waals surface area contributed by atoms with Crippen molar-refractivity contribution in [1.29, 1.82) is 0 Å². The molecule has 0 radical (unpaired) electrons. The molecule has 4 aliphatic heterocycles. The zero-order chi connectivity index (χ0) is 40.2. The first-order valence-corrected chi connectivity index (χ1v) is 20.3. The molecule has 5 aliphatic rings. The lowest BCUT2D eigenvalue weighted by Gasteiger charge is -2.37. The molecule has 2 unspecified atom stereocenters. The van der Waals surface area contributed by atoms with Crippen molar-refractivity contribution >= 4 is 63.6 Å². The highest BCUT2D eigenvalue weighted by Gasteiger charge is 2.46. The van der Waals surface area contributed by atoms with Crippen LogP contribution in [-0.2, 0) is 9.59 Å². The number of rotatable bonds is 9. The predicted molar refractivity (Wildman–Crippen MR) is 216 cm³/mol. The van der Waals surface area contributed by atoms with E-state index in [2.05, 4.69) is 35.3 Å². The average molecular weight is 787 g/mol. The van der Waals surface area contributed by atoms with Crippen LogP contribution in [0.15, 0.2) is 47.5 Å². The number of amides is 4. The van der Waals surface area contributed by atoms with Crippen molar-refractivity contribution < 1.29 is 24.0 Å². The number of carbonyl (C=O) groups excluding carboxylic acids is 5. The summed E-state index contributed by atoms with van der Waals surface area (Å²) in [7, 11) is 0. The van der Waals surface area contributed by atoms with Crippen molar-refractivity contribution in [3.63, 3.8) is 0 Å². The molecule has 0 bridgehead atoms. The number of imide groups is 2. The van der Waals surface area contributed by atoms with Gasteiger partial charge in [0, 0.05) is 69.9 Å². The largest absolute Gasteiger partial charge is 0.371 e. The van der Waals surface area contributed by atoms with Crippen LogP contribution in [0.4, 0.5) is 23.1 Å². The van der Waals surface area contributed by atoms with Gasteiger partial charge < -0.3 is 15.1 Å². The third-order valence-electron chi connectivity index (χ3n) is 12.6. The molecule has 0 spiro atoms. The van der Waals surface area contributed by atoms with Gasteiger partial charge in [-0.1, -0.05) is 18.9 Å². The van der Waals surface area contributed by atoms with Gasteiger partial charge in [0.1, 0.15) is 17.5 Å². The fourth-order valence-electron chi connectivity index (χ4n) is 9.59. The molecular formula is C42H46N10O6. The number of fused-ring (bicyclic) bond motifs is 2. The monoisotopic (exact) mass is 786 g/mol. The van der Waals surface area contributed by atoms with Gasteiger partial charge in [-0.15, -0.1) is 0 Å². The number of hydrogen-bond acceptors (Lipinski definition) is 13. The van der Waals surface area contributed by atoms with E-state index in [0.717, 1.165) is 94.2 Å². The summed E-state index contributed by atoms with van der Waals surface area (Å²) < 4.78 is 1.71. The number of aromatic nitrogens is 4. The molecule has 2 N–H and O–H groups in total. The zero-order valence-corrected chi connectivity index (χ0v) is 32.7. The van der Waals surface area contributed by atoms with Gasteiger partial charge in [-0.25, -0.2) is 9.97 Å². The molecule has 7 heterocycles. The fraction of sp³-hybridized carbons (Fsp3) is 0.452. The quantitative estimate of drug-likeness (QED) is 0.186. The van der Waals surface area contributed by atoms with E-state index in [1.54, 1.807) is 29.8 Å². The third-order valence-corrected chi connectivity index (χ3v) is 12.6. The number of Topliss-reactive ketones (excluding diaryl/α,β-unsaturated/α-hetero) is 1. The summed E-state index contributed by atoms with van der Waals surface area (Å²) in [6.45, 7) is 9.13. The van der Waals surface area contributed by atoms with E-state index in [4.69, 9.17) is 4.98 Å². The number of nitrogens with zero attached hydrogens (tertiary/aromatic N) is 8. The van der Waals surface area contributed by atoms with Crippen LogP contribution < -0.4 is 26.0 Å². The number of nitrogens with one attached hydrogen (secondary N) is 2. The molecule has 16 heteroatoms. The van der Waals surface area contributed by atoms with Crippen LogP contribution in [0.1, 0.15) is 94.5 Å². The van der Waals surface area contributed by atoms with Gasteiger partial charge in [-0.3, -0.25) is 48.5 Å². The first kappa shape index (κ1) is 37.5. The molecule has 3 aromatic heterocycles. The van der Waals surface area contributed by atoms with Gasteiger partial charge in [0.05, 0.1) is 34.3 Å². The lowest BCUT2D eigenvalue weighted by molar-refractivity contribution is -0.136. The normalized spacial score (nSPS) is 21.7. The molecule has 16 nitrogen and oxygen atoms in total. The summed E-state index contributed by atoms with van der Waals surface area (Å²) in [5.41, 5.74) is 3.45. The minimum atomic E-state index is -0.989. The molecule has 1 saturated carbocycles. The van der Waals surface area contributed by atoms with E-state index >= 15 is 0 Å². The van der Waals surface area contributed by atoms with Crippen LogP contribution in [0, 0.1) is 12.8 Å². The van der Waals surface area contributed by atoms with Crippen LogP contribution in [0.2, 0.25) is 0 Å². The number of carbonyl (C=O) groups is 5. The molecule has 1 aliphatic carbocycles. The predicted octanol–water partition coefficient (Wildman–Crippen LogP) is 3.61. The third kappa shape index (κ3) is 6.68. The van der Waals surface area contributed by atoms with Crippen LogP contribution in [0.3, 0.4) is 0 Å². The highest BCUT2D eigenvalue weighted by molar-refractivity contribution is 6.25. The molecule has 9 rings (SSSR count). The molecule has 58 heavy (non-hydrogen) atoms. The number of pyridine rings is 2. The van der Waals surface area contributed by atoms with Crippen molar-refractivity contribution in [3.05, 3.63) is 75.3 Å². The Balaban J connectivity index is 0.810. The number of benzene rings is 1. The Hall–Kier alpha value is -6.03. The number of hydrogen-bond donors (Lipinski definition) is 2. The number of piperidine rings is 1. The molecule has 3 saturated heterocycles. The van der Waals surface area contributed by atoms with Gasteiger partial charge in [-0.05, 0) is 75.3 Å². The van der Waals surface area contributed by atoms with Crippen molar-refractivity contribution in [3.8, 4) is 0 Å². The second-order valence-corrected chi connectivity index (χ2v) is 16.2. The average Bonchev–Trinajstić information content (AvgIpc) is 3.97. The summed E-state index contributed by atoms with van der Waals surface area (Å²) in [5, 5.41) is 6.17. The van der Waals surface area contributed by atoms with E-state index in [0.29, 0.717) is 45.4 Å². The summed E-state index contributed by atoms with van der Waals surface area (Å²) in [6.07, 6.45) is 8.51. The van der Waals surface area contributed by atoms with Gasteiger partial charge in [-0.2, -0.15) is 4.98 Å². The highest BCUT2D eigenvalue weighted by Crippen LogP contribution is 2.37. The van der Waals surface area contributed by atoms with Crippen LogP contribution in [-0.4, -0.2) is 111 Å². The first-order valence-electron chi connectivity index (χ1n) is 20.3. The second kappa shape index (κ2) is 15.0. The standard InChI is InChI=1S/C42H46N10O6/c1-24-30-21-44-42(47-37(30)51(27-6-3-4-7-27)40(57)35(24)25(2)53)45-33-12-10-28(20-43-33)49-18-16-48(17-19-49)22-26-14-15-50(23-26)31-9-5-8-29-36(31)41(58)52(39(29)56)32-11-13-34(54)46-38(32)55/h5,8-10,12,20-21,26-27,32H,3-4,6-7,11,13-19,22-23H2,1-2H3,(H,46,54,55)(H,43,44,45,47). The number of aryl methyl sites for hydroxylation is 1. The number of piperazine rings is 1. The maximum atomic E-state index is 13.7. The lowest BCUT2D eigenvalue weighted by Crippen LogP contribution is -2.54. The fourth-order valence-corrected chi connectivity index (χ4v) is 9.59. The minimum absolute atomic E-state index is 0.000957. The summed E-state index contributed by atoms with van der Waals surface area (Å²) in [5.74, 6) is -0.918. The van der Waals surface area contributed by atoms with Crippen LogP contribution in [0.5, 0.6) is 0 Å². The molecule has 1 aromatic carbocycles. The van der Waals surface area contributed by atoms with Crippen molar-refractivity contribution in [2.45, 2.75) is 70.9 Å². The molecule has 4 fully saturated rings. The van der Waals surface area contributed by atoms with E-state index in [1.165, 1.54) is 6.92 Å². The Bertz CT molecular complexity index is 2420. The van der Waals surface area contributed by atoms with Gasteiger partial charge in [0.2, 0.25) is 17.8 Å². The minimum Gasteiger partial charge on any atom is -0.371 e. The van der Waals surface area contributed by atoms with Crippen LogP contribution >= 0.6 is 0 Å². The van der Waals surface area contributed by atoms with Crippen molar-refractivity contribution in [1.82, 2.24) is 34.6 Å². The Morgan fingerprint density at radius 1 is 0.879 bits per heavy atom. The molecule has 4 amide bonds. The Kier molecular flexibility index (Phi) is 9.74. The van der Waals surface area contributed by atoms with Gasteiger partial charge >= 0.3 is 0 Å². The number of ketones is 1. The maximum Gasteiger partial charge on any atom is 0.264 e. The van der Waals surface area contributed by atoms with Crippen molar-refractivity contribution in [2.75, 3.05) is 60.9 Å². The smallest absolute Gasteiger partial charge is 0.264 e. The SMILES string of the molecule is CC(=O)c1c(C)c2cnc(Nc3ccc(N4CCN(CC5CCN(c6cccc7c6C(=O)N(C6CCC(=O)NC6=O)C7=O)C5)CC4)cn3)nc2n(C2CCCC2)c1=O. The van der Waals surface area contributed by atoms with Gasteiger partial charge in [0.25, 0.3) is 17.4 Å². The Morgan fingerprint density at radius 3 is 2.40 bits per heavy atom. The summed E-state index contributed by atoms with van der Waals surface area (Å²) in [6, 6.07) is 8.25. The zero-order valence-electron chi connectivity index (χ0n) is 32.7. The summed E-state index contributed by atoms with van der Waals surface area (Å²) >= 11 is 0. The molecule has 2 atom stereocenters. The van der Waals surface area contributed by atoms with Crippen molar-refractivity contribution in [2.24, 2.45) is 5.92 Å². The van der Waals surface area contributed by atoms with E-state index in [-0.39, 0.29) is 35.8 Å². The maximum absolute atomic E-state index is 13.7. The van der Waals surface area contributed by atoms with Crippen LogP contribution in [0.25, 0.3) is 11.0 Å². The lowest BCUT2D eigenvalue weighted by atomic mass is 10.0. The Morgan fingerprint density at radius 2 is 1.67 bits per heavy atom. The second-order valence-electron chi connectivity index (χ2n) is 16.2. The molecule has 4 aromatic rings. The van der Waals surface area contributed by atoms with E-state index < -0.39 is 29.7 Å². The number of anilines is 4. The molecule has 300 valence electrons. The topological polar surface area (TPSA) is 183 Å².